The van der Waals surface area contributed by atoms with Crippen LogP contribution in [0.15, 0.2) is 30.5 Å². The lowest BCUT2D eigenvalue weighted by Gasteiger charge is -2.18. The van der Waals surface area contributed by atoms with E-state index < -0.39 is 0 Å². The van der Waals surface area contributed by atoms with Crippen LogP contribution in [0, 0.1) is 12.8 Å². The van der Waals surface area contributed by atoms with Gasteiger partial charge in [-0.1, -0.05) is 43.7 Å². The second-order valence-electron chi connectivity index (χ2n) is 7.82. The molecule has 2 aromatic rings. The van der Waals surface area contributed by atoms with E-state index in [1.807, 2.05) is 11.1 Å². The van der Waals surface area contributed by atoms with Crippen LogP contribution in [0.3, 0.4) is 0 Å². The van der Waals surface area contributed by atoms with Crippen LogP contribution in [-0.2, 0) is 17.6 Å². The summed E-state index contributed by atoms with van der Waals surface area (Å²) in [6.07, 6.45) is 3.49. The Morgan fingerprint density at radius 2 is 2.00 bits per heavy atom. The van der Waals surface area contributed by atoms with Gasteiger partial charge < -0.3 is 4.90 Å². The molecule has 4 nitrogen and oxygen atoms in total. The molecule has 2 aliphatic rings. The van der Waals surface area contributed by atoms with Gasteiger partial charge in [-0.15, -0.1) is 0 Å². The molecule has 1 amide bonds. The van der Waals surface area contributed by atoms with E-state index in [9.17, 15) is 4.79 Å². The van der Waals surface area contributed by atoms with Crippen LogP contribution in [0.4, 0.5) is 0 Å². The third kappa shape index (κ3) is 3.06. The van der Waals surface area contributed by atoms with Gasteiger partial charge in [0.25, 0.3) is 0 Å². The maximum absolute atomic E-state index is 12.7. The molecule has 0 N–H and O–H groups in total. The minimum Gasteiger partial charge on any atom is -0.341 e. The highest BCUT2D eigenvalue weighted by Gasteiger charge is 2.42. The van der Waals surface area contributed by atoms with E-state index in [1.165, 1.54) is 16.8 Å². The van der Waals surface area contributed by atoms with Gasteiger partial charge >= 0.3 is 0 Å². The minimum atomic E-state index is 0.236. The van der Waals surface area contributed by atoms with Gasteiger partial charge in [0, 0.05) is 36.8 Å². The van der Waals surface area contributed by atoms with Gasteiger partial charge in [-0.25, -0.2) is 9.97 Å². The van der Waals surface area contributed by atoms with Gasteiger partial charge in [-0.2, -0.15) is 0 Å². The van der Waals surface area contributed by atoms with E-state index in [1.54, 1.807) is 0 Å². The minimum absolute atomic E-state index is 0.236. The SMILES string of the molecule is Cc1ccc(CC(=O)N2C[C@H]3Cc4nc(C(C)C)ncc4[C@H]3C2)cc1. The van der Waals surface area contributed by atoms with Crippen LogP contribution >= 0.6 is 0 Å². The summed E-state index contributed by atoms with van der Waals surface area (Å²) >= 11 is 0. The fourth-order valence-electron chi connectivity index (χ4n) is 4.07. The van der Waals surface area contributed by atoms with E-state index >= 15 is 0 Å². The molecule has 4 heteroatoms. The molecule has 0 radical (unpaired) electrons. The maximum Gasteiger partial charge on any atom is 0.227 e. The molecule has 0 spiro atoms. The molecule has 1 saturated heterocycles. The Morgan fingerprint density at radius 1 is 1.24 bits per heavy atom. The number of likely N-dealkylation sites (tertiary alicyclic amines) is 1. The number of carbonyl (C=O) groups excluding carboxylic acids is 1. The summed E-state index contributed by atoms with van der Waals surface area (Å²) in [5.41, 5.74) is 4.79. The molecule has 130 valence electrons. The summed E-state index contributed by atoms with van der Waals surface area (Å²) in [4.78, 5) is 24.0. The van der Waals surface area contributed by atoms with Crippen LogP contribution < -0.4 is 0 Å². The number of hydrogen-bond donors (Lipinski definition) is 0. The number of aromatic nitrogens is 2. The Kier molecular flexibility index (Phi) is 4.06. The molecule has 1 fully saturated rings. The van der Waals surface area contributed by atoms with Crippen molar-refractivity contribution < 1.29 is 4.79 Å². The van der Waals surface area contributed by atoms with Gasteiger partial charge in [-0.3, -0.25) is 4.79 Å². The molecule has 25 heavy (non-hydrogen) atoms. The van der Waals surface area contributed by atoms with Crippen LogP contribution in [-0.4, -0.2) is 33.9 Å². The number of nitrogens with zero attached hydrogens (tertiary/aromatic N) is 3. The Labute approximate surface area is 149 Å². The summed E-state index contributed by atoms with van der Waals surface area (Å²) in [5, 5.41) is 0. The zero-order valence-electron chi connectivity index (χ0n) is 15.2. The van der Waals surface area contributed by atoms with E-state index in [2.05, 4.69) is 50.0 Å². The first-order valence-corrected chi connectivity index (χ1v) is 9.20. The fraction of sp³-hybridized carbons (Fsp3) is 0.476. The second kappa shape index (κ2) is 6.25. The Morgan fingerprint density at radius 3 is 2.72 bits per heavy atom. The van der Waals surface area contributed by atoms with Crippen molar-refractivity contribution in [2.75, 3.05) is 13.1 Å². The van der Waals surface area contributed by atoms with Crippen molar-refractivity contribution >= 4 is 5.91 Å². The molecule has 1 aromatic heterocycles. The van der Waals surface area contributed by atoms with Crippen molar-refractivity contribution in [3.8, 4) is 0 Å². The zero-order valence-corrected chi connectivity index (χ0v) is 15.2. The number of aryl methyl sites for hydroxylation is 1. The number of benzene rings is 1. The molecule has 1 aliphatic carbocycles. The third-order valence-electron chi connectivity index (χ3n) is 5.56. The fourth-order valence-corrected chi connectivity index (χ4v) is 4.07. The first kappa shape index (κ1) is 16.2. The third-order valence-corrected chi connectivity index (χ3v) is 5.56. The highest BCUT2D eigenvalue weighted by molar-refractivity contribution is 5.79. The molecule has 1 aromatic carbocycles. The van der Waals surface area contributed by atoms with Crippen LogP contribution in [0.2, 0.25) is 0 Å². The molecule has 1 aliphatic heterocycles. The highest BCUT2D eigenvalue weighted by Crippen LogP contribution is 2.42. The number of fused-ring (bicyclic) bond motifs is 3. The topological polar surface area (TPSA) is 46.1 Å². The lowest BCUT2D eigenvalue weighted by Crippen LogP contribution is -2.31. The average Bonchev–Trinajstić information content (AvgIpc) is 3.14. The Balaban J connectivity index is 1.45. The summed E-state index contributed by atoms with van der Waals surface area (Å²) in [6.45, 7) is 7.99. The van der Waals surface area contributed by atoms with E-state index in [-0.39, 0.29) is 5.91 Å². The lowest BCUT2D eigenvalue weighted by molar-refractivity contribution is -0.129. The summed E-state index contributed by atoms with van der Waals surface area (Å²) in [6, 6.07) is 8.25. The Hall–Kier alpha value is -2.23. The number of rotatable bonds is 3. The van der Waals surface area contributed by atoms with Gasteiger partial charge in [0.2, 0.25) is 5.91 Å². The molecular weight excluding hydrogens is 310 g/mol. The maximum atomic E-state index is 12.7. The molecule has 0 bridgehead atoms. The van der Waals surface area contributed by atoms with Crippen LogP contribution in [0.5, 0.6) is 0 Å². The average molecular weight is 335 g/mol. The summed E-state index contributed by atoms with van der Waals surface area (Å²) in [5.74, 6) is 2.45. The normalized spacial score (nSPS) is 21.5. The van der Waals surface area contributed by atoms with Crippen molar-refractivity contribution in [1.82, 2.24) is 14.9 Å². The standard InChI is InChI=1S/C21H25N3O/c1-13(2)21-22-10-17-18-12-24(11-16(18)9-19(17)23-21)20(25)8-15-6-4-14(3)5-7-15/h4-7,10,13,16,18H,8-9,11-12H2,1-3H3/t16-,18+/m1/s1. The second-order valence-corrected chi connectivity index (χ2v) is 7.82. The largest absolute Gasteiger partial charge is 0.341 e. The lowest BCUT2D eigenvalue weighted by atomic mass is 9.97. The summed E-state index contributed by atoms with van der Waals surface area (Å²) < 4.78 is 0. The van der Waals surface area contributed by atoms with Crippen molar-refractivity contribution in [2.45, 2.75) is 45.4 Å². The van der Waals surface area contributed by atoms with E-state index in [4.69, 9.17) is 4.98 Å². The Bertz CT molecular complexity index is 797. The molecular formula is C21H25N3O. The number of carbonyl (C=O) groups is 1. The quantitative estimate of drug-likeness (QED) is 0.865. The van der Waals surface area contributed by atoms with Gasteiger partial charge in [0.1, 0.15) is 5.82 Å². The number of hydrogen-bond acceptors (Lipinski definition) is 3. The molecule has 0 saturated carbocycles. The predicted octanol–water partition coefficient (Wildman–Crippen LogP) is 3.25. The van der Waals surface area contributed by atoms with Gasteiger partial charge in [0.15, 0.2) is 0 Å². The molecule has 4 rings (SSSR count). The first-order valence-electron chi connectivity index (χ1n) is 9.20. The van der Waals surface area contributed by atoms with Gasteiger partial charge in [-0.05, 0) is 30.4 Å². The van der Waals surface area contributed by atoms with E-state index in [0.717, 1.165) is 30.9 Å². The first-order chi connectivity index (χ1) is 12.0. The number of amides is 1. The molecule has 2 atom stereocenters. The molecule has 0 unspecified atom stereocenters. The predicted molar refractivity (Wildman–Crippen MR) is 97.5 cm³/mol. The smallest absolute Gasteiger partial charge is 0.227 e. The molecule has 2 heterocycles. The van der Waals surface area contributed by atoms with E-state index in [0.29, 0.717) is 24.2 Å². The van der Waals surface area contributed by atoms with Crippen LogP contribution in [0.1, 0.15) is 53.9 Å². The monoisotopic (exact) mass is 335 g/mol. The zero-order chi connectivity index (χ0) is 17.6. The van der Waals surface area contributed by atoms with Crippen molar-refractivity contribution in [1.29, 1.82) is 0 Å². The highest BCUT2D eigenvalue weighted by atomic mass is 16.2. The van der Waals surface area contributed by atoms with Crippen molar-refractivity contribution in [2.24, 2.45) is 5.92 Å². The van der Waals surface area contributed by atoms with Gasteiger partial charge in [0.05, 0.1) is 6.42 Å². The van der Waals surface area contributed by atoms with Crippen molar-refractivity contribution in [3.63, 3.8) is 0 Å². The summed E-state index contributed by atoms with van der Waals surface area (Å²) in [7, 11) is 0. The van der Waals surface area contributed by atoms with Crippen molar-refractivity contribution in [3.05, 3.63) is 58.7 Å². The van der Waals surface area contributed by atoms with Crippen LogP contribution in [0.25, 0.3) is 0 Å².